The van der Waals surface area contributed by atoms with Crippen LogP contribution in [-0.4, -0.2) is 11.3 Å². The van der Waals surface area contributed by atoms with Crippen molar-refractivity contribution in [2.75, 3.05) is 0 Å². The molecule has 0 atom stereocenters. The molecule has 2 rings (SSSR count). The van der Waals surface area contributed by atoms with Gasteiger partial charge < -0.3 is 4.74 Å². The fourth-order valence-corrected chi connectivity index (χ4v) is 1.41. The van der Waals surface area contributed by atoms with Gasteiger partial charge in [0.05, 0.1) is 0 Å². The van der Waals surface area contributed by atoms with E-state index in [1.54, 1.807) is 36.5 Å². The van der Waals surface area contributed by atoms with Gasteiger partial charge in [0, 0.05) is 17.3 Å². The Kier molecular flexibility index (Phi) is 3.73. The zero-order chi connectivity index (χ0) is 12.1. The summed E-state index contributed by atoms with van der Waals surface area (Å²) in [4.78, 5) is 14.4. The Morgan fingerprint density at radius 1 is 1.18 bits per heavy atom. The Morgan fingerprint density at radius 2 is 1.94 bits per heavy atom. The van der Waals surface area contributed by atoms with Crippen molar-refractivity contribution < 1.29 is 9.53 Å². The van der Waals surface area contributed by atoms with Gasteiger partial charge in [0.1, 0.15) is 23.8 Å². The van der Waals surface area contributed by atoms with Gasteiger partial charge >= 0.3 is 0 Å². The normalized spacial score (nSPS) is 9.94. The lowest BCUT2D eigenvalue weighted by Crippen LogP contribution is -1.96. The van der Waals surface area contributed by atoms with Crippen LogP contribution < -0.4 is 4.74 Å². The van der Waals surface area contributed by atoms with E-state index in [2.05, 4.69) is 4.98 Å². The molecule has 0 fully saturated rings. The molecule has 0 aliphatic rings. The van der Waals surface area contributed by atoms with Crippen molar-refractivity contribution in [1.29, 1.82) is 0 Å². The highest BCUT2D eigenvalue weighted by molar-refractivity contribution is 6.29. The summed E-state index contributed by atoms with van der Waals surface area (Å²) in [6.07, 6.45) is 2.47. The zero-order valence-corrected chi connectivity index (χ0v) is 9.72. The molecule has 1 aromatic carbocycles. The van der Waals surface area contributed by atoms with Gasteiger partial charge in [-0.05, 0) is 30.3 Å². The van der Waals surface area contributed by atoms with Crippen LogP contribution >= 0.6 is 11.6 Å². The van der Waals surface area contributed by atoms with E-state index in [1.165, 1.54) is 0 Å². The number of nitrogens with zero attached hydrogens (tertiary/aromatic N) is 1. The number of halogens is 1. The van der Waals surface area contributed by atoms with Gasteiger partial charge in [-0.1, -0.05) is 17.7 Å². The summed E-state index contributed by atoms with van der Waals surface area (Å²) in [6, 6.07) is 10.5. The number of hydrogen-bond donors (Lipinski definition) is 0. The summed E-state index contributed by atoms with van der Waals surface area (Å²) in [5.41, 5.74) is 1.57. The summed E-state index contributed by atoms with van der Waals surface area (Å²) >= 11 is 5.68. The summed E-state index contributed by atoms with van der Waals surface area (Å²) in [7, 11) is 0. The minimum absolute atomic E-state index is 0.421. The van der Waals surface area contributed by atoms with Crippen molar-refractivity contribution in [1.82, 2.24) is 4.98 Å². The number of aromatic nitrogens is 1. The van der Waals surface area contributed by atoms with Crippen molar-refractivity contribution in [3.8, 4) is 5.75 Å². The molecule has 0 saturated heterocycles. The summed E-state index contributed by atoms with van der Waals surface area (Å²) in [6.45, 7) is 0.421. The van der Waals surface area contributed by atoms with E-state index in [1.807, 2.05) is 6.07 Å². The van der Waals surface area contributed by atoms with Gasteiger partial charge in [-0.25, -0.2) is 4.98 Å². The first kappa shape index (κ1) is 11.6. The number of hydrogen-bond acceptors (Lipinski definition) is 3. The topological polar surface area (TPSA) is 39.2 Å². The smallest absolute Gasteiger partial charge is 0.150 e. The van der Waals surface area contributed by atoms with Crippen molar-refractivity contribution in [3.63, 3.8) is 0 Å². The number of rotatable bonds is 4. The predicted octanol–water partition coefficient (Wildman–Crippen LogP) is 3.13. The third-order valence-electron chi connectivity index (χ3n) is 2.21. The van der Waals surface area contributed by atoms with Crippen molar-refractivity contribution in [3.05, 3.63) is 58.9 Å². The fourth-order valence-electron chi connectivity index (χ4n) is 1.30. The van der Waals surface area contributed by atoms with Crippen LogP contribution in [0.15, 0.2) is 42.6 Å². The molecule has 0 aliphatic carbocycles. The number of carbonyl (C=O) groups is 1. The van der Waals surface area contributed by atoms with Crippen LogP contribution in [0, 0.1) is 0 Å². The minimum atomic E-state index is 0.421. The second-order valence-electron chi connectivity index (χ2n) is 3.46. The first-order valence-corrected chi connectivity index (χ1v) is 5.44. The quantitative estimate of drug-likeness (QED) is 0.616. The average molecular weight is 248 g/mol. The maximum Gasteiger partial charge on any atom is 0.150 e. The van der Waals surface area contributed by atoms with Crippen LogP contribution in [0.5, 0.6) is 5.75 Å². The van der Waals surface area contributed by atoms with E-state index in [-0.39, 0.29) is 0 Å². The van der Waals surface area contributed by atoms with E-state index < -0.39 is 0 Å². The summed E-state index contributed by atoms with van der Waals surface area (Å²) < 4.78 is 5.53. The Bertz CT molecular complexity index is 494. The molecule has 2 aromatic rings. The standard InChI is InChI=1S/C13H10ClNO2/c14-13-6-3-11(7-15-13)9-17-12-4-1-10(8-16)2-5-12/h1-8H,9H2. The molecule has 0 aliphatic heterocycles. The SMILES string of the molecule is O=Cc1ccc(OCc2ccc(Cl)nc2)cc1. The highest BCUT2D eigenvalue weighted by Gasteiger charge is 1.97. The monoisotopic (exact) mass is 247 g/mol. The number of carbonyl (C=O) groups excluding carboxylic acids is 1. The first-order valence-electron chi connectivity index (χ1n) is 5.06. The van der Waals surface area contributed by atoms with Crippen molar-refractivity contribution >= 4 is 17.9 Å². The average Bonchev–Trinajstić information content (AvgIpc) is 2.39. The number of ether oxygens (including phenoxy) is 1. The maximum absolute atomic E-state index is 10.5. The maximum atomic E-state index is 10.5. The van der Waals surface area contributed by atoms with Crippen LogP contribution in [0.1, 0.15) is 15.9 Å². The highest BCUT2D eigenvalue weighted by atomic mass is 35.5. The molecule has 86 valence electrons. The molecule has 4 heteroatoms. The lowest BCUT2D eigenvalue weighted by molar-refractivity contribution is 0.112. The third-order valence-corrected chi connectivity index (χ3v) is 2.43. The second kappa shape index (κ2) is 5.46. The van der Waals surface area contributed by atoms with Crippen LogP contribution in [-0.2, 0) is 6.61 Å². The molecule has 0 N–H and O–H groups in total. The van der Waals surface area contributed by atoms with Crippen molar-refractivity contribution in [2.45, 2.75) is 6.61 Å². The van der Waals surface area contributed by atoms with E-state index >= 15 is 0 Å². The lowest BCUT2D eigenvalue weighted by Gasteiger charge is -2.05. The Balaban J connectivity index is 1.97. The molecular weight excluding hydrogens is 238 g/mol. The molecule has 0 amide bonds. The van der Waals surface area contributed by atoms with Crippen LogP contribution in [0.4, 0.5) is 0 Å². The number of pyridine rings is 1. The van der Waals surface area contributed by atoms with Crippen LogP contribution in [0.2, 0.25) is 5.15 Å². The molecule has 0 unspecified atom stereocenters. The second-order valence-corrected chi connectivity index (χ2v) is 3.85. The van der Waals surface area contributed by atoms with E-state index in [9.17, 15) is 4.79 Å². The first-order chi connectivity index (χ1) is 8.28. The Morgan fingerprint density at radius 3 is 2.53 bits per heavy atom. The van der Waals surface area contributed by atoms with Gasteiger partial charge in [0.15, 0.2) is 0 Å². The van der Waals surface area contributed by atoms with E-state index in [0.717, 1.165) is 11.8 Å². The largest absolute Gasteiger partial charge is 0.489 e. The van der Waals surface area contributed by atoms with Crippen LogP contribution in [0.3, 0.4) is 0 Å². The lowest BCUT2D eigenvalue weighted by atomic mass is 10.2. The van der Waals surface area contributed by atoms with E-state index in [0.29, 0.717) is 23.1 Å². The van der Waals surface area contributed by atoms with Crippen molar-refractivity contribution in [2.24, 2.45) is 0 Å². The van der Waals surface area contributed by atoms with E-state index in [4.69, 9.17) is 16.3 Å². The molecule has 0 bridgehead atoms. The third kappa shape index (κ3) is 3.29. The molecule has 0 radical (unpaired) electrons. The Labute approximate surface area is 104 Å². The summed E-state index contributed by atoms with van der Waals surface area (Å²) in [5.74, 6) is 0.713. The molecular formula is C13H10ClNO2. The number of benzene rings is 1. The fraction of sp³-hybridized carbons (Fsp3) is 0.0769. The molecule has 17 heavy (non-hydrogen) atoms. The number of aldehydes is 1. The van der Waals surface area contributed by atoms with Gasteiger partial charge in [-0.3, -0.25) is 4.79 Å². The molecule has 1 heterocycles. The molecule has 1 aromatic heterocycles. The van der Waals surface area contributed by atoms with Gasteiger partial charge in [-0.15, -0.1) is 0 Å². The molecule has 0 spiro atoms. The van der Waals surface area contributed by atoms with Gasteiger partial charge in [-0.2, -0.15) is 0 Å². The molecule has 0 saturated carbocycles. The van der Waals surface area contributed by atoms with Crippen LogP contribution in [0.25, 0.3) is 0 Å². The minimum Gasteiger partial charge on any atom is -0.489 e. The zero-order valence-electron chi connectivity index (χ0n) is 8.97. The highest BCUT2D eigenvalue weighted by Crippen LogP contribution is 2.13. The molecule has 3 nitrogen and oxygen atoms in total. The van der Waals surface area contributed by atoms with Gasteiger partial charge in [0.2, 0.25) is 0 Å². The Hall–Kier alpha value is -1.87. The summed E-state index contributed by atoms with van der Waals surface area (Å²) in [5, 5.41) is 0.462. The van der Waals surface area contributed by atoms with Gasteiger partial charge in [0.25, 0.3) is 0 Å². The predicted molar refractivity (Wildman–Crippen MR) is 65.4 cm³/mol.